The summed E-state index contributed by atoms with van der Waals surface area (Å²) in [5.74, 6) is 0.146. The van der Waals surface area contributed by atoms with Crippen molar-refractivity contribution in [3.05, 3.63) is 71.3 Å². The molecule has 1 saturated heterocycles. The van der Waals surface area contributed by atoms with E-state index in [4.69, 9.17) is 0 Å². The van der Waals surface area contributed by atoms with Gasteiger partial charge in [0, 0.05) is 37.3 Å². The predicted octanol–water partition coefficient (Wildman–Crippen LogP) is 3.73. The third kappa shape index (κ3) is 3.68. The molecule has 126 valence electrons. The van der Waals surface area contributed by atoms with Gasteiger partial charge in [0.25, 0.3) is 5.91 Å². The molecule has 1 aliphatic rings. The highest BCUT2D eigenvalue weighted by Gasteiger charge is 2.32. The molecule has 3 rings (SSSR count). The number of hydrogen-bond donors (Lipinski definition) is 0. The predicted molar refractivity (Wildman–Crippen MR) is 98.0 cm³/mol. The lowest BCUT2D eigenvalue weighted by Crippen LogP contribution is -2.57. The van der Waals surface area contributed by atoms with Gasteiger partial charge in [-0.2, -0.15) is 0 Å². The van der Waals surface area contributed by atoms with Crippen molar-refractivity contribution in [1.82, 2.24) is 9.80 Å². The van der Waals surface area contributed by atoms with E-state index >= 15 is 0 Å². The van der Waals surface area contributed by atoms with Crippen molar-refractivity contribution in [2.24, 2.45) is 0 Å². The molecule has 2 aromatic rings. The summed E-state index contributed by atoms with van der Waals surface area (Å²) in [6.07, 6.45) is 0. The summed E-state index contributed by atoms with van der Waals surface area (Å²) in [5, 5.41) is 0. The SMILES string of the molecule is Cc1ccc(C(=O)N2CC(C)N(Cc3ccccc3)C(C)C2)cc1. The van der Waals surface area contributed by atoms with Gasteiger partial charge in [0.1, 0.15) is 0 Å². The van der Waals surface area contributed by atoms with Crippen LogP contribution in [0.15, 0.2) is 54.6 Å². The topological polar surface area (TPSA) is 23.6 Å². The molecule has 0 spiro atoms. The number of piperazine rings is 1. The normalized spacial score (nSPS) is 21.7. The van der Waals surface area contributed by atoms with Gasteiger partial charge in [0.2, 0.25) is 0 Å². The Balaban J connectivity index is 1.68. The van der Waals surface area contributed by atoms with Gasteiger partial charge in [-0.05, 0) is 38.5 Å². The van der Waals surface area contributed by atoms with E-state index in [2.05, 4.69) is 49.1 Å². The molecule has 2 unspecified atom stereocenters. The Morgan fingerprint density at radius 1 is 0.958 bits per heavy atom. The Morgan fingerprint density at radius 2 is 1.54 bits per heavy atom. The molecule has 2 atom stereocenters. The van der Waals surface area contributed by atoms with Crippen molar-refractivity contribution in [2.45, 2.75) is 39.4 Å². The second-order valence-electron chi connectivity index (χ2n) is 6.93. The molecular weight excluding hydrogens is 296 g/mol. The monoisotopic (exact) mass is 322 g/mol. The molecule has 0 aromatic heterocycles. The van der Waals surface area contributed by atoms with E-state index in [0.29, 0.717) is 12.1 Å². The van der Waals surface area contributed by atoms with Gasteiger partial charge in [-0.3, -0.25) is 9.69 Å². The maximum Gasteiger partial charge on any atom is 0.253 e. The van der Waals surface area contributed by atoms with E-state index in [9.17, 15) is 4.79 Å². The highest BCUT2D eigenvalue weighted by atomic mass is 16.2. The number of carbonyl (C=O) groups is 1. The molecule has 1 fully saturated rings. The molecule has 0 radical (unpaired) electrons. The highest BCUT2D eigenvalue weighted by molar-refractivity contribution is 5.94. The van der Waals surface area contributed by atoms with Crippen molar-refractivity contribution in [3.8, 4) is 0 Å². The van der Waals surface area contributed by atoms with Gasteiger partial charge < -0.3 is 4.90 Å². The number of aryl methyl sites for hydroxylation is 1. The lowest BCUT2D eigenvalue weighted by Gasteiger charge is -2.44. The number of amides is 1. The molecule has 3 nitrogen and oxygen atoms in total. The first kappa shape index (κ1) is 16.7. The van der Waals surface area contributed by atoms with E-state index in [1.165, 1.54) is 11.1 Å². The quantitative estimate of drug-likeness (QED) is 0.859. The Bertz CT molecular complexity index is 669. The minimum absolute atomic E-state index is 0.146. The minimum Gasteiger partial charge on any atom is -0.336 e. The van der Waals surface area contributed by atoms with Gasteiger partial charge >= 0.3 is 0 Å². The summed E-state index contributed by atoms with van der Waals surface area (Å²) in [6.45, 7) is 8.98. The number of rotatable bonds is 3. The van der Waals surface area contributed by atoms with E-state index in [0.717, 1.165) is 25.2 Å². The van der Waals surface area contributed by atoms with E-state index in [1.54, 1.807) is 0 Å². The summed E-state index contributed by atoms with van der Waals surface area (Å²) in [5.41, 5.74) is 3.30. The molecule has 1 heterocycles. The van der Waals surface area contributed by atoms with Gasteiger partial charge in [-0.25, -0.2) is 0 Å². The Morgan fingerprint density at radius 3 is 2.12 bits per heavy atom. The number of nitrogens with zero attached hydrogens (tertiary/aromatic N) is 2. The molecule has 1 aliphatic heterocycles. The average molecular weight is 322 g/mol. The Labute approximate surface area is 144 Å². The lowest BCUT2D eigenvalue weighted by atomic mass is 10.0. The molecular formula is C21H26N2O. The molecule has 0 aliphatic carbocycles. The van der Waals surface area contributed by atoms with Crippen LogP contribution in [-0.4, -0.2) is 40.9 Å². The fraction of sp³-hybridized carbons (Fsp3) is 0.381. The summed E-state index contributed by atoms with van der Waals surface area (Å²) in [7, 11) is 0. The fourth-order valence-corrected chi connectivity index (χ4v) is 3.51. The van der Waals surface area contributed by atoms with Gasteiger partial charge in [-0.15, -0.1) is 0 Å². The largest absolute Gasteiger partial charge is 0.336 e. The van der Waals surface area contributed by atoms with Crippen LogP contribution in [-0.2, 0) is 6.54 Å². The third-order valence-electron chi connectivity index (χ3n) is 4.90. The van der Waals surface area contributed by atoms with E-state index < -0.39 is 0 Å². The van der Waals surface area contributed by atoms with Crippen LogP contribution in [0.3, 0.4) is 0 Å². The lowest BCUT2D eigenvalue weighted by molar-refractivity contribution is 0.0269. The highest BCUT2D eigenvalue weighted by Crippen LogP contribution is 2.20. The van der Waals surface area contributed by atoms with Crippen molar-refractivity contribution < 1.29 is 4.79 Å². The summed E-state index contributed by atoms with van der Waals surface area (Å²) < 4.78 is 0. The third-order valence-corrected chi connectivity index (χ3v) is 4.90. The summed E-state index contributed by atoms with van der Waals surface area (Å²) in [4.78, 5) is 17.3. The van der Waals surface area contributed by atoms with Crippen LogP contribution in [0, 0.1) is 6.92 Å². The zero-order valence-electron chi connectivity index (χ0n) is 14.8. The molecule has 2 aromatic carbocycles. The van der Waals surface area contributed by atoms with Crippen molar-refractivity contribution in [3.63, 3.8) is 0 Å². The molecule has 0 bridgehead atoms. The summed E-state index contributed by atoms with van der Waals surface area (Å²) in [6, 6.07) is 19.1. The second kappa shape index (κ2) is 7.18. The maximum atomic E-state index is 12.8. The van der Waals surface area contributed by atoms with Crippen LogP contribution in [0.2, 0.25) is 0 Å². The van der Waals surface area contributed by atoms with Crippen LogP contribution in [0.4, 0.5) is 0 Å². The van der Waals surface area contributed by atoms with Crippen molar-refractivity contribution >= 4 is 5.91 Å². The average Bonchev–Trinajstić information content (AvgIpc) is 2.59. The van der Waals surface area contributed by atoms with Crippen LogP contribution in [0.5, 0.6) is 0 Å². The molecule has 1 amide bonds. The molecule has 3 heteroatoms. The molecule has 24 heavy (non-hydrogen) atoms. The molecule has 0 N–H and O–H groups in total. The Kier molecular flexibility index (Phi) is 5.00. The van der Waals surface area contributed by atoms with Crippen LogP contribution >= 0.6 is 0 Å². The first-order valence-corrected chi connectivity index (χ1v) is 8.70. The van der Waals surface area contributed by atoms with Crippen LogP contribution < -0.4 is 0 Å². The second-order valence-corrected chi connectivity index (χ2v) is 6.93. The first-order valence-electron chi connectivity index (χ1n) is 8.70. The summed E-state index contributed by atoms with van der Waals surface area (Å²) >= 11 is 0. The first-order chi connectivity index (χ1) is 11.5. The van der Waals surface area contributed by atoms with Gasteiger partial charge in [0.15, 0.2) is 0 Å². The van der Waals surface area contributed by atoms with Crippen LogP contribution in [0.25, 0.3) is 0 Å². The van der Waals surface area contributed by atoms with E-state index in [-0.39, 0.29) is 5.91 Å². The molecule has 0 saturated carbocycles. The maximum absolute atomic E-state index is 12.8. The van der Waals surface area contributed by atoms with Crippen molar-refractivity contribution in [1.29, 1.82) is 0 Å². The Hall–Kier alpha value is -2.13. The fourth-order valence-electron chi connectivity index (χ4n) is 3.51. The minimum atomic E-state index is 0.146. The van der Waals surface area contributed by atoms with Crippen molar-refractivity contribution in [2.75, 3.05) is 13.1 Å². The number of hydrogen-bond acceptors (Lipinski definition) is 2. The zero-order valence-corrected chi connectivity index (χ0v) is 14.8. The van der Waals surface area contributed by atoms with Crippen LogP contribution in [0.1, 0.15) is 35.3 Å². The van der Waals surface area contributed by atoms with E-state index in [1.807, 2.05) is 36.1 Å². The smallest absolute Gasteiger partial charge is 0.253 e. The zero-order chi connectivity index (χ0) is 17.1. The number of benzene rings is 2. The number of carbonyl (C=O) groups excluding carboxylic acids is 1. The standard InChI is InChI=1S/C21H26N2O/c1-16-9-11-20(12-10-16)21(24)22-13-17(2)23(18(3)14-22)15-19-7-5-4-6-8-19/h4-12,17-18H,13-15H2,1-3H3. The van der Waals surface area contributed by atoms with Gasteiger partial charge in [-0.1, -0.05) is 48.0 Å². The van der Waals surface area contributed by atoms with Gasteiger partial charge in [0.05, 0.1) is 0 Å².